The first kappa shape index (κ1) is 13.9. The van der Waals surface area contributed by atoms with Gasteiger partial charge >= 0.3 is 0 Å². The molecule has 1 amide bonds. The van der Waals surface area contributed by atoms with E-state index >= 15 is 0 Å². The van der Waals surface area contributed by atoms with Gasteiger partial charge in [0.15, 0.2) is 0 Å². The predicted octanol–water partition coefficient (Wildman–Crippen LogP) is 3.64. The van der Waals surface area contributed by atoms with Crippen molar-refractivity contribution in [3.05, 3.63) is 52.2 Å². The molecule has 0 aromatic carbocycles. The molecule has 0 spiro atoms. The standard InChI is InChI=1S/C13H12Cl2N2O2/c1-2-17(8-10-4-3-5-19-10)13(18)9-6-11(14)16-12(15)7-9/h3-7H,2,8H2,1H3. The van der Waals surface area contributed by atoms with Crippen molar-refractivity contribution in [2.75, 3.05) is 6.54 Å². The third kappa shape index (κ3) is 3.49. The maximum Gasteiger partial charge on any atom is 0.254 e. The fourth-order valence-corrected chi connectivity index (χ4v) is 2.15. The maximum atomic E-state index is 12.3. The molecule has 0 N–H and O–H groups in total. The van der Waals surface area contributed by atoms with E-state index in [9.17, 15) is 4.79 Å². The van der Waals surface area contributed by atoms with E-state index in [-0.39, 0.29) is 16.2 Å². The Morgan fingerprint density at radius 1 is 1.37 bits per heavy atom. The number of hydrogen-bond donors (Lipinski definition) is 0. The summed E-state index contributed by atoms with van der Waals surface area (Å²) in [6.45, 7) is 2.85. The van der Waals surface area contributed by atoms with Crippen LogP contribution in [-0.4, -0.2) is 22.3 Å². The van der Waals surface area contributed by atoms with Crippen LogP contribution in [0.5, 0.6) is 0 Å². The summed E-state index contributed by atoms with van der Waals surface area (Å²) >= 11 is 11.6. The van der Waals surface area contributed by atoms with Gasteiger partial charge in [0.2, 0.25) is 0 Å². The zero-order valence-electron chi connectivity index (χ0n) is 10.3. The van der Waals surface area contributed by atoms with E-state index in [1.54, 1.807) is 17.2 Å². The van der Waals surface area contributed by atoms with Gasteiger partial charge in [0.25, 0.3) is 5.91 Å². The molecule has 0 aliphatic rings. The highest BCUT2D eigenvalue weighted by atomic mass is 35.5. The quantitative estimate of drug-likeness (QED) is 0.810. The second-order valence-electron chi connectivity index (χ2n) is 3.90. The van der Waals surface area contributed by atoms with Crippen molar-refractivity contribution in [2.24, 2.45) is 0 Å². The second-order valence-corrected chi connectivity index (χ2v) is 4.67. The molecule has 2 aromatic rings. The van der Waals surface area contributed by atoms with Gasteiger partial charge in [-0.1, -0.05) is 23.2 Å². The van der Waals surface area contributed by atoms with E-state index in [0.29, 0.717) is 18.7 Å². The number of pyridine rings is 1. The van der Waals surface area contributed by atoms with Gasteiger partial charge in [0, 0.05) is 12.1 Å². The molecule has 0 saturated heterocycles. The lowest BCUT2D eigenvalue weighted by Crippen LogP contribution is -2.30. The molecule has 2 aromatic heterocycles. The summed E-state index contributed by atoms with van der Waals surface area (Å²) in [7, 11) is 0. The number of hydrogen-bond acceptors (Lipinski definition) is 3. The zero-order chi connectivity index (χ0) is 13.8. The van der Waals surface area contributed by atoms with Gasteiger partial charge < -0.3 is 9.32 Å². The normalized spacial score (nSPS) is 10.5. The molecular weight excluding hydrogens is 287 g/mol. The molecule has 0 bridgehead atoms. The van der Waals surface area contributed by atoms with Crippen molar-refractivity contribution in [3.8, 4) is 0 Å². The van der Waals surface area contributed by atoms with Gasteiger partial charge in [0.05, 0.1) is 12.8 Å². The van der Waals surface area contributed by atoms with Crippen molar-refractivity contribution in [3.63, 3.8) is 0 Å². The number of amides is 1. The maximum absolute atomic E-state index is 12.3. The molecule has 0 aliphatic carbocycles. The van der Waals surface area contributed by atoms with Crippen molar-refractivity contribution in [1.82, 2.24) is 9.88 Å². The van der Waals surface area contributed by atoms with Gasteiger partial charge in [-0.2, -0.15) is 0 Å². The topological polar surface area (TPSA) is 46.3 Å². The lowest BCUT2D eigenvalue weighted by molar-refractivity contribution is 0.0741. The minimum absolute atomic E-state index is 0.162. The Hall–Kier alpha value is -1.52. The number of carbonyl (C=O) groups excluding carboxylic acids is 1. The Morgan fingerprint density at radius 3 is 2.58 bits per heavy atom. The van der Waals surface area contributed by atoms with Crippen molar-refractivity contribution >= 4 is 29.1 Å². The number of furan rings is 1. The monoisotopic (exact) mass is 298 g/mol. The fourth-order valence-electron chi connectivity index (χ4n) is 1.69. The third-order valence-electron chi connectivity index (χ3n) is 2.61. The van der Waals surface area contributed by atoms with Crippen LogP contribution in [0.15, 0.2) is 34.9 Å². The number of rotatable bonds is 4. The number of aromatic nitrogens is 1. The lowest BCUT2D eigenvalue weighted by atomic mass is 10.2. The van der Waals surface area contributed by atoms with Crippen LogP contribution < -0.4 is 0 Å². The van der Waals surface area contributed by atoms with Crippen molar-refractivity contribution in [1.29, 1.82) is 0 Å². The average molecular weight is 299 g/mol. The lowest BCUT2D eigenvalue weighted by Gasteiger charge is -2.19. The predicted molar refractivity (Wildman–Crippen MR) is 73.4 cm³/mol. The molecule has 4 nitrogen and oxygen atoms in total. The van der Waals surface area contributed by atoms with Crippen LogP contribution in [0.25, 0.3) is 0 Å². The van der Waals surface area contributed by atoms with E-state index < -0.39 is 0 Å². The summed E-state index contributed by atoms with van der Waals surface area (Å²) in [5.41, 5.74) is 0.415. The molecule has 100 valence electrons. The van der Waals surface area contributed by atoms with Crippen molar-refractivity contribution in [2.45, 2.75) is 13.5 Å². The molecule has 0 fully saturated rings. The first-order valence-corrected chi connectivity index (χ1v) is 6.50. The third-order valence-corrected chi connectivity index (χ3v) is 2.99. The van der Waals surface area contributed by atoms with Crippen LogP contribution in [-0.2, 0) is 6.54 Å². The molecule has 0 aliphatic heterocycles. The number of nitrogens with zero attached hydrogens (tertiary/aromatic N) is 2. The zero-order valence-corrected chi connectivity index (χ0v) is 11.8. The van der Waals surface area contributed by atoms with Crippen LogP contribution in [0, 0.1) is 0 Å². The molecule has 0 atom stereocenters. The van der Waals surface area contributed by atoms with E-state index in [0.717, 1.165) is 5.76 Å². The highest BCUT2D eigenvalue weighted by Gasteiger charge is 2.17. The largest absolute Gasteiger partial charge is 0.467 e. The van der Waals surface area contributed by atoms with Gasteiger partial charge in [-0.05, 0) is 31.2 Å². The molecule has 0 unspecified atom stereocenters. The Labute approximate surface area is 120 Å². The minimum atomic E-state index is -0.162. The summed E-state index contributed by atoms with van der Waals surface area (Å²) < 4.78 is 5.24. The fraction of sp³-hybridized carbons (Fsp3) is 0.231. The molecule has 2 rings (SSSR count). The summed E-state index contributed by atoms with van der Waals surface area (Å²) in [5.74, 6) is 0.562. The molecular formula is C13H12Cl2N2O2. The Balaban J connectivity index is 2.20. The van der Waals surface area contributed by atoms with Crippen molar-refractivity contribution < 1.29 is 9.21 Å². The Kier molecular flexibility index (Phi) is 4.45. The van der Waals surface area contributed by atoms with Crippen LogP contribution in [0.4, 0.5) is 0 Å². The molecule has 19 heavy (non-hydrogen) atoms. The van der Waals surface area contributed by atoms with Gasteiger partial charge in [0.1, 0.15) is 16.1 Å². The van der Waals surface area contributed by atoms with E-state index in [4.69, 9.17) is 27.6 Å². The Morgan fingerprint density at radius 2 is 2.05 bits per heavy atom. The number of halogens is 2. The van der Waals surface area contributed by atoms with Crippen LogP contribution in [0.1, 0.15) is 23.0 Å². The first-order valence-electron chi connectivity index (χ1n) is 5.75. The summed E-state index contributed by atoms with van der Waals surface area (Å²) in [6.07, 6.45) is 1.58. The minimum Gasteiger partial charge on any atom is -0.467 e. The number of carbonyl (C=O) groups is 1. The summed E-state index contributed by atoms with van der Waals surface area (Å²) in [6, 6.07) is 6.61. The summed E-state index contributed by atoms with van der Waals surface area (Å²) in [5, 5.41) is 0.398. The van der Waals surface area contributed by atoms with Gasteiger partial charge in [-0.25, -0.2) is 4.98 Å². The highest BCUT2D eigenvalue weighted by Crippen LogP contribution is 2.17. The SMILES string of the molecule is CCN(Cc1ccco1)C(=O)c1cc(Cl)nc(Cl)c1. The Bertz CT molecular complexity index is 550. The average Bonchev–Trinajstić information content (AvgIpc) is 2.86. The van der Waals surface area contributed by atoms with E-state index in [1.165, 1.54) is 12.1 Å². The highest BCUT2D eigenvalue weighted by molar-refractivity contribution is 6.33. The van der Waals surface area contributed by atoms with Crippen LogP contribution in [0.3, 0.4) is 0 Å². The first-order chi connectivity index (χ1) is 9.10. The van der Waals surface area contributed by atoms with Gasteiger partial charge in [-0.15, -0.1) is 0 Å². The van der Waals surface area contributed by atoms with Gasteiger partial charge in [-0.3, -0.25) is 4.79 Å². The molecule has 0 saturated carbocycles. The van der Waals surface area contributed by atoms with E-state index in [2.05, 4.69) is 4.98 Å². The molecule has 2 heterocycles. The second kappa shape index (κ2) is 6.08. The summed E-state index contributed by atoms with van der Waals surface area (Å²) in [4.78, 5) is 17.8. The molecule has 6 heteroatoms. The molecule has 0 radical (unpaired) electrons. The van der Waals surface area contributed by atoms with Crippen LogP contribution in [0.2, 0.25) is 10.3 Å². The smallest absolute Gasteiger partial charge is 0.254 e. The van der Waals surface area contributed by atoms with E-state index in [1.807, 2.05) is 13.0 Å². The van der Waals surface area contributed by atoms with Crippen LogP contribution >= 0.6 is 23.2 Å².